The molecule has 0 spiro atoms. The summed E-state index contributed by atoms with van der Waals surface area (Å²) in [5.41, 5.74) is -4.82. The van der Waals surface area contributed by atoms with Crippen LogP contribution in [0.2, 0.25) is 0 Å². The first-order valence-corrected chi connectivity index (χ1v) is 12.0. The standard InChI is InChI=1S/C26H35FO6/c1-6-22(31)33-26(21(30)14-32-5)15(2)11-19-18-8-7-16-12-17(28)9-10-23(16,3)25(18,27)20(29)13-24(19,26)4/h9-10,12,15,18-20,29H,6-8,11,13-14H2,1-5H3/t15-,18-,19-,20-,23-,24+,25?,26+/m1/s1. The van der Waals surface area contributed by atoms with Crippen LogP contribution in [0.3, 0.4) is 0 Å². The van der Waals surface area contributed by atoms with E-state index in [1.54, 1.807) is 19.9 Å². The highest BCUT2D eigenvalue weighted by Crippen LogP contribution is 2.71. The summed E-state index contributed by atoms with van der Waals surface area (Å²) in [7, 11) is 1.42. The van der Waals surface area contributed by atoms with Gasteiger partial charge in [-0.2, -0.15) is 0 Å². The van der Waals surface area contributed by atoms with Gasteiger partial charge in [0.25, 0.3) is 0 Å². The lowest BCUT2D eigenvalue weighted by Crippen LogP contribution is -2.70. The Morgan fingerprint density at radius 1 is 1.27 bits per heavy atom. The lowest BCUT2D eigenvalue weighted by molar-refractivity contribution is -0.228. The molecule has 182 valence electrons. The predicted molar refractivity (Wildman–Crippen MR) is 119 cm³/mol. The highest BCUT2D eigenvalue weighted by Gasteiger charge is 2.77. The van der Waals surface area contributed by atoms with E-state index in [1.165, 1.54) is 19.3 Å². The largest absolute Gasteiger partial charge is 0.450 e. The third kappa shape index (κ3) is 2.94. The molecule has 1 unspecified atom stereocenters. The molecule has 33 heavy (non-hydrogen) atoms. The van der Waals surface area contributed by atoms with E-state index in [9.17, 15) is 19.5 Å². The number of ether oxygens (including phenoxy) is 2. The van der Waals surface area contributed by atoms with Gasteiger partial charge in [-0.1, -0.05) is 32.4 Å². The van der Waals surface area contributed by atoms with E-state index in [-0.39, 0.29) is 42.9 Å². The van der Waals surface area contributed by atoms with Crippen LogP contribution in [0.5, 0.6) is 0 Å². The number of carbonyl (C=O) groups is 3. The van der Waals surface area contributed by atoms with E-state index < -0.39 is 40.1 Å². The quantitative estimate of drug-likeness (QED) is 0.629. The molecule has 0 aliphatic heterocycles. The Morgan fingerprint density at radius 3 is 2.61 bits per heavy atom. The summed E-state index contributed by atoms with van der Waals surface area (Å²) < 4.78 is 28.4. The SMILES string of the molecule is CCC(=O)O[C@]1(C(=O)COC)[C@H](C)C[C@@H]2[C@H]3CCC4=CC(=O)C=C[C@@]4(C)C3(F)[C@H](O)C[C@@]21C. The highest BCUT2D eigenvalue weighted by molar-refractivity contribution is 6.01. The molecule has 0 heterocycles. The van der Waals surface area contributed by atoms with Crippen LogP contribution in [-0.2, 0) is 23.9 Å². The molecule has 0 aromatic rings. The summed E-state index contributed by atoms with van der Waals surface area (Å²) in [5, 5.41) is 11.5. The van der Waals surface area contributed by atoms with E-state index in [1.807, 2.05) is 13.8 Å². The highest BCUT2D eigenvalue weighted by atomic mass is 19.1. The maximum absolute atomic E-state index is 17.3. The normalized spacial score (nSPS) is 46.2. The molecular formula is C26H35FO6. The zero-order valence-corrected chi connectivity index (χ0v) is 20.2. The maximum Gasteiger partial charge on any atom is 0.306 e. The molecule has 8 atom stereocenters. The third-order valence-corrected chi connectivity index (χ3v) is 9.43. The summed E-state index contributed by atoms with van der Waals surface area (Å²) in [4.78, 5) is 38.1. The Balaban J connectivity index is 1.84. The number of hydrogen-bond acceptors (Lipinski definition) is 6. The van der Waals surface area contributed by atoms with Crippen molar-refractivity contribution in [3.05, 3.63) is 23.8 Å². The monoisotopic (exact) mass is 462 g/mol. The fourth-order valence-corrected chi connectivity index (χ4v) is 7.89. The number of carbonyl (C=O) groups excluding carboxylic acids is 3. The first kappa shape index (κ1) is 24.3. The summed E-state index contributed by atoms with van der Waals surface area (Å²) in [6.07, 6.45) is 4.71. The van der Waals surface area contributed by atoms with E-state index >= 15 is 4.39 Å². The molecule has 6 nitrogen and oxygen atoms in total. The Labute approximate surface area is 194 Å². The van der Waals surface area contributed by atoms with Crippen molar-refractivity contribution in [3.63, 3.8) is 0 Å². The molecule has 4 aliphatic carbocycles. The molecular weight excluding hydrogens is 427 g/mol. The van der Waals surface area contributed by atoms with Crippen molar-refractivity contribution >= 4 is 17.5 Å². The van der Waals surface area contributed by atoms with Crippen LogP contribution in [0.25, 0.3) is 0 Å². The number of ketones is 2. The first-order valence-electron chi connectivity index (χ1n) is 12.0. The molecule has 7 heteroatoms. The smallest absolute Gasteiger partial charge is 0.306 e. The Hall–Kier alpha value is -1.86. The van der Waals surface area contributed by atoms with Gasteiger partial charge in [-0.25, -0.2) is 4.39 Å². The molecule has 4 rings (SSSR count). The molecule has 0 aromatic carbocycles. The first-order chi connectivity index (χ1) is 15.4. The minimum absolute atomic E-state index is 0.0217. The van der Waals surface area contributed by atoms with Crippen LogP contribution in [0, 0.1) is 28.6 Å². The van der Waals surface area contributed by atoms with Crippen molar-refractivity contribution in [2.45, 2.75) is 77.2 Å². The van der Waals surface area contributed by atoms with Gasteiger partial charge in [0.05, 0.1) is 6.10 Å². The molecule has 0 bridgehead atoms. The third-order valence-electron chi connectivity index (χ3n) is 9.43. The minimum Gasteiger partial charge on any atom is -0.450 e. The van der Waals surface area contributed by atoms with Crippen LogP contribution >= 0.6 is 0 Å². The molecule has 3 saturated carbocycles. The van der Waals surface area contributed by atoms with Gasteiger partial charge in [0.15, 0.2) is 17.1 Å². The number of methoxy groups -OCH3 is 1. The Morgan fingerprint density at radius 2 is 1.97 bits per heavy atom. The number of rotatable bonds is 5. The van der Waals surface area contributed by atoms with Gasteiger partial charge in [-0.3, -0.25) is 14.4 Å². The van der Waals surface area contributed by atoms with E-state index in [4.69, 9.17) is 9.47 Å². The van der Waals surface area contributed by atoms with Gasteiger partial charge in [-0.15, -0.1) is 0 Å². The fourth-order valence-electron chi connectivity index (χ4n) is 7.89. The number of fused-ring (bicyclic) bond motifs is 5. The average Bonchev–Trinajstić information content (AvgIpc) is 2.97. The van der Waals surface area contributed by atoms with Gasteiger partial charge < -0.3 is 14.6 Å². The zero-order chi connectivity index (χ0) is 24.4. The van der Waals surface area contributed by atoms with Gasteiger partial charge >= 0.3 is 5.97 Å². The fraction of sp³-hybridized carbons (Fsp3) is 0.731. The van der Waals surface area contributed by atoms with Crippen LogP contribution in [-0.4, -0.2) is 53.7 Å². The number of aliphatic hydroxyl groups excluding tert-OH is 1. The van der Waals surface area contributed by atoms with Crippen molar-refractivity contribution < 1.29 is 33.4 Å². The molecule has 0 radical (unpaired) electrons. The average molecular weight is 463 g/mol. The number of aliphatic hydroxyl groups is 1. The topological polar surface area (TPSA) is 89.9 Å². The molecule has 3 fully saturated rings. The maximum atomic E-state index is 17.3. The van der Waals surface area contributed by atoms with E-state index in [0.717, 1.165) is 0 Å². The van der Waals surface area contributed by atoms with Gasteiger partial charge in [0.2, 0.25) is 5.78 Å². The van der Waals surface area contributed by atoms with Crippen LogP contribution in [0.15, 0.2) is 23.8 Å². The number of hydrogen-bond donors (Lipinski definition) is 1. The molecule has 4 aliphatic rings. The number of halogens is 1. The number of Topliss-reactive ketones (excluding diaryl/α,β-unsaturated/α-hetero) is 1. The Kier molecular flexibility index (Phi) is 5.77. The molecule has 1 N–H and O–H groups in total. The molecule has 0 amide bonds. The van der Waals surface area contributed by atoms with Crippen molar-refractivity contribution in [1.29, 1.82) is 0 Å². The van der Waals surface area contributed by atoms with Crippen molar-refractivity contribution in [1.82, 2.24) is 0 Å². The summed E-state index contributed by atoms with van der Waals surface area (Å²) in [6, 6.07) is 0. The molecule has 0 saturated heterocycles. The predicted octanol–water partition coefficient (Wildman–Crippen LogP) is 3.51. The lowest BCUT2D eigenvalue weighted by atomic mass is 9.44. The summed E-state index contributed by atoms with van der Waals surface area (Å²) >= 11 is 0. The van der Waals surface area contributed by atoms with Crippen LogP contribution in [0.1, 0.15) is 59.8 Å². The molecule has 0 aromatic heterocycles. The van der Waals surface area contributed by atoms with Gasteiger partial charge in [0, 0.05) is 36.2 Å². The number of alkyl halides is 1. The van der Waals surface area contributed by atoms with E-state index in [2.05, 4.69) is 0 Å². The van der Waals surface area contributed by atoms with Crippen LogP contribution < -0.4 is 0 Å². The van der Waals surface area contributed by atoms with Crippen molar-refractivity contribution in [2.24, 2.45) is 28.6 Å². The summed E-state index contributed by atoms with van der Waals surface area (Å²) in [6.45, 7) is 6.96. The second-order valence-electron chi connectivity index (χ2n) is 10.8. The number of esters is 1. The van der Waals surface area contributed by atoms with Crippen LogP contribution in [0.4, 0.5) is 4.39 Å². The second-order valence-corrected chi connectivity index (χ2v) is 10.8. The number of allylic oxidation sites excluding steroid dienone is 4. The van der Waals surface area contributed by atoms with E-state index in [0.29, 0.717) is 24.8 Å². The van der Waals surface area contributed by atoms with Gasteiger partial charge in [-0.05, 0) is 50.7 Å². The summed E-state index contributed by atoms with van der Waals surface area (Å²) in [5.74, 6) is -2.18. The minimum atomic E-state index is -1.99. The van der Waals surface area contributed by atoms with Gasteiger partial charge in [0.1, 0.15) is 6.61 Å². The second kappa shape index (κ2) is 7.84. The van der Waals surface area contributed by atoms with Crippen molar-refractivity contribution in [2.75, 3.05) is 13.7 Å². The lowest BCUT2D eigenvalue weighted by Gasteiger charge is -2.62. The zero-order valence-electron chi connectivity index (χ0n) is 20.2. The Bertz CT molecular complexity index is 941. The van der Waals surface area contributed by atoms with Crippen molar-refractivity contribution in [3.8, 4) is 0 Å².